The van der Waals surface area contributed by atoms with E-state index in [4.69, 9.17) is 14.0 Å². The predicted molar refractivity (Wildman–Crippen MR) is 87.3 cm³/mol. The number of carbonyl (C=O) groups is 1. The summed E-state index contributed by atoms with van der Waals surface area (Å²) in [4.78, 5) is 12.7. The summed E-state index contributed by atoms with van der Waals surface area (Å²) >= 11 is 1.35. The summed E-state index contributed by atoms with van der Waals surface area (Å²) in [5.74, 6) is 1.26. The Hall–Kier alpha value is -2.80. The lowest BCUT2D eigenvalue weighted by atomic mass is 10.1. The summed E-state index contributed by atoms with van der Waals surface area (Å²) in [5.41, 5.74) is 1.46. The molecular formula is C16H14N2O4S. The van der Waals surface area contributed by atoms with Gasteiger partial charge in [-0.2, -0.15) is 0 Å². The van der Waals surface area contributed by atoms with Gasteiger partial charge in [0.15, 0.2) is 11.5 Å². The molecule has 3 aromatic rings. The molecule has 2 heterocycles. The van der Waals surface area contributed by atoms with Crippen molar-refractivity contribution in [2.24, 2.45) is 0 Å². The Kier molecular flexibility index (Phi) is 4.29. The van der Waals surface area contributed by atoms with Crippen molar-refractivity contribution in [3.63, 3.8) is 0 Å². The highest BCUT2D eigenvalue weighted by Gasteiger charge is 2.16. The van der Waals surface area contributed by atoms with Gasteiger partial charge in [0.05, 0.1) is 30.9 Å². The Morgan fingerprint density at radius 1 is 1.22 bits per heavy atom. The number of amides is 1. The molecule has 0 unspecified atom stereocenters. The first-order valence-electron chi connectivity index (χ1n) is 6.75. The van der Waals surface area contributed by atoms with Gasteiger partial charge in [0.2, 0.25) is 5.88 Å². The van der Waals surface area contributed by atoms with Crippen LogP contribution in [0.4, 0.5) is 5.88 Å². The van der Waals surface area contributed by atoms with Crippen molar-refractivity contribution < 1.29 is 18.8 Å². The van der Waals surface area contributed by atoms with Crippen LogP contribution in [0.2, 0.25) is 0 Å². The predicted octanol–water partition coefficient (Wildman–Crippen LogP) is 3.67. The number of thiophene rings is 1. The van der Waals surface area contributed by atoms with Crippen molar-refractivity contribution in [1.82, 2.24) is 5.16 Å². The quantitative estimate of drug-likeness (QED) is 0.772. The number of nitrogens with one attached hydrogen (secondary N) is 1. The molecule has 0 aliphatic heterocycles. The second kappa shape index (κ2) is 6.53. The summed E-state index contributed by atoms with van der Waals surface area (Å²) in [5, 5.41) is 8.34. The zero-order valence-corrected chi connectivity index (χ0v) is 13.3. The second-order valence-electron chi connectivity index (χ2n) is 4.57. The van der Waals surface area contributed by atoms with Crippen molar-refractivity contribution in [1.29, 1.82) is 0 Å². The molecule has 7 heteroatoms. The molecule has 6 nitrogen and oxygen atoms in total. The van der Waals surface area contributed by atoms with E-state index in [-0.39, 0.29) is 11.8 Å². The molecule has 1 aromatic carbocycles. The Bertz CT molecular complexity index is 811. The van der Waals surface area contributed by atoms with Gasteiger partial charge in [-0.05, 0) is 29.1 Å². The minimum Gasteiger partial charge on any atom is -0.493 e. The molecule has 1 amide bonds. The maximum Gasteiger partial charge on any atom is 0.268 e. The van der Waals surface area contributed by atoms with Crippen molar-refractivity contribution in [3.8, 4) is 22.6 Å². The summed E-state index contributed by atoms with van der Waals surface area (Å²) in [6, 6.07) is 8.98. The summed E-state index contributed by atoms with van der Waals surface area (Å²) < 4.78 is 15.7. The van der Waals surface area contributed by atoms with E-state index in [2.05, 4.69) is 10.5 Å². The molecule has 3 rings (SSSR count). The highest BCUT2D eigenvalue weighted by Crippen LogP contribution is 2.35. The summed E-state index contributed by atoms with van der Waals surface area (Å²) in [6.45, 7) is 0. The van der Waals surface area contributed by atoms with Crippen LogP contribution >= 0.6 is 11.3 Å². The number of benzene rings is 1. The Morgan fingerprint density at radius 2 is 2.04 bits per heavy atom. The molecule has 0 bridgehead atoms. The molecule has 0 aliphatic carbocycles. The molecule has 0 atom stereocenters. The minimum absolute atomic E-state index is 0.238. The van der Waals surface area contributed by atoms with Gasteiger partial charge in [-0.25, -0.2) is 0 Å². The normalized spacial score (nSPS) is 10.3. The number of anilines is 1. The number of hydrogen-bond acceptors (Lipinski definition) is 6. The van der Waals surface area contributed by atoms with E-state index in [1.54, 1.807) is 38.6 Å². The number of rotatable bonds is 5. The number of methoxy groups -OCH3 is 2. The Labute approximate surface area is 136 Å². The van der Waals surface area contributed by atoms with E-state index in [0.717, 1.165) is 5.56 Å². The maximum atomic E-state index is 12.1. The number of ether oxygens (including phenoxy) is 2. The van der Waals surface area contributed by atoms with E-state index in [1.807, 2.05) is 17.5 Å². The van der Waals surface area contributed by atoms with Gasteiger partial charge in [0.1, 0.15) is 0 Å². The zero-order chi connectivity index (χ0) is 16.2. The highest BCUT2D eigenvalue weighted by atomic mass is 32.1. The molecule has 0 saturated heterocycles. The lowest BCUT2D eigenvalue weighted by Crippen LogP contribution is -2.10. The van der Waals surface area contributed by atoms with Crippen LogP contribution in [0.1, 0.15) is 9.67 Å². The first-order chi connectivity index (χ1) is 11.2. The molecule has 0 aliphatic rings. The van der Waals surface area contributed by atoms with Crippen LogP contribution in [0.3, 0.4) is 0 Å². The van der Waals surface area contributed by atoms with Gasteiger partial charge in [-0.1, -0.05) is 17.3 Å². The fraction of sp³-hybridized carbons (Fsp3) is 0.125. The van der Waals surface area contributed by atoms with E-state index in [1.165, 1.54) is 11.3 Å². The fourth-order valence-electron chi connectivity index (χ4n) is 2.11. The smallest absolute Gasteiger partial charge is 0.268 e. The number of nitrogens with zero attached hydrogens (tertiary/aromatic N) is 1. The van der Waals surface area contributed by atoms with E-state index < -0.39 is 0 Å². The van der Waals surface area contributed by atoms with Crippen molar-refractivity contribution in [2.75, 3.05) is 19.5 Å². The number of hydrogen-bond donors (Lipinski definition) is 1. The molecule has 0 fully saturated rings. The molecule has 118 valence electrons. The first-order valence-corrected chi connectivity index (χ1v) is 7.63. The van der Waals surface area contributed by atoms with Crippen LogP contribution < -0.4 is 14.8 Å². The summed E-state index contributed by atoms with van der Waals surface area (Å²) in [6.07, 6.45) is 1.55. The van der Waals surface area contributed by atoms with Crippen molar-refractivity contribution in [3.05, 3.63) is 46.8 Å². The standard InChI is InChI=1S/C16H14N2O4S/c1-20-12-6-5-10(8-13(12)21-2)11-9-17-22-16(11)18-15(19)14-4-3-7-23-14/h3-9H,1-2H3,(H,18,19). The van der Waals surface area contributed by atoms with Gasteiger partial charge in [-0.3, -0.25) is 10.1 Å². The molecular weight excluding hydrogens is 316 g/mol. The zero-order valence-electron chi connectivity index (χ0n) is 12.5. The molecule has 2 aromatic heterocycles. The third kappa shape index (κ3) is 3.04. The molecule has 0 spiro atoms. The van der Waals surface area contributed by atoms with Gasteiger partial charge >= 0.3 is 0 Å². The monoisotopic (exact) mass is 330 g/mol. The molecule has 1 N–H and O–H groups in total. The molecule has 0 radical (unpaired) electrons. The average molecular weight is 330 g/mol. The lowest BCUT2D eigenvalue weighted by molar-refractivity contribution is 0.102. The largest absolute Gasteiger partial charge is 0.493 e. The van der Waals surface area contributed by atoms with Gasteiger partial charge in [0.25, 0.3) is 5.91 Å². The highest BCUT2D eigenvalue weighted by molar-refractivity contribution is 7.12. The van der Waals surface area contributed by atoms with E-state index >= 15 is 0 Å². The lowest BCUT2D eigenvalue weighted by Gasteiger charge is -2.09. The molecule has 23 heavy (non-hydrogen) atoms. The third-order valence-electron chi connectivity index (χ3n) is 3.24. The average Bonchev–Trinajstić information content (AvgIpc) is 3.25. The van der Waals surface area contributed by atoms with Gasteiger partial charge in [0, 0.05) is 0 Å². The minimum atomic E-state index is -0.238. The number of carbonyl (C=O) groups excluding carboxylic acids is 1. The van der Waals surface area contributed by atoms with Gasteiger partial charge in [-0.15, -0.1) is 11.3 Å². The van der Waals surface area contributed by atoms with Crippen molar-refractivity contribution >= 4 is 23.1 Å². The Morgan fingerprint density at radius 3 is 2.74 bits per heavy atom. The van der Waals surface area contributed by atoms with E-state index in [9.17, 15) is 4.79 Å². The van der Waals surface area contributed by atoms with Gasteiger partial charge < -0.3 is 14.0 Å². The van der Waals surface area contributed by atoms with Crippen molar-refractivity contribution in [2.45, 2.75) is 0 Å². The Balaban J connectivity index is 1.90. The maximum absolute atomic E-state index is 12.1. The number of aromatic nitrogens is 1. The van der Waals surface area contributed by atoms with E-state index in [0.29, 0.717) is 21.9 Å². The fourth-order valence-corrected chi connectivity index (χ4v) is 2.73. The molecule has 0 saturated carbocycles. The topological polar surface area (TPSA) is 73.6 Å². The first kappa shape index (κ1) is 15.1. The van der Waals surface area contributed by atoms with Crippen LogP contribution in [0.15, 0.2) is 46.4 Å². The third-order valence-corrected chi connectivity index (χ3v) is 4.11. The van der Waals surface area contributed by atoms with Crippen LogP contribution in [0.5, 0.6) is 11.5 Å². The van der Waals surface area contributed by atoms with Crippen LogP contribution in [0.25, 0.3) is 11.1 Å². The van der Waals surface area contributed by atoms with Crippen LogP contribution in [-0.4, -0.2) is 25.3 Å². The van der Waals surface area contributed by atoms with Crippen LogP contribution in [0, 0.1) is 0 Å². The van der Waals surface area contributed by atoms with Crippen LogP contribution in [-0.2, 0) is 0 Å². The second-order valence-corrected chi connectivity index (χ2v) is 5.52. The SMILES string of the molecule is COc1ccc(-c2cnoc2NC(=O)c2cccs2)cc1OC. The summed E-state index contributed by atoms with van der Waals surface area (Å²) in [7, 11) is 3.14.